The second kappa shape index (κ2) is 5.72. The van der Waals surface area contributed by atoms with E-state index >= 15 is 0 Å². The third kappa shape index (κ3) is 4.38. The van der Waals surface area contributed by atoms with Crippen molar-refractivity contribution in [3.63, 3.8) is 0 Å². The Bertz CT molecular complexity index is 524. The Kier molecular flexibility index (Phi) is 4.49. The Morgan fingerprint density at radius 2 is 2.05 bits per heavy atom. The Morgan fingerprint density at radius 3 is 2.50 bits per heavy atom. The van der Waals surface area contributed by atoms with Crippen molar-refractivity contribution in [3.05, 3.63) is 22.2 Å². The quantitative estimate of drug-likeness (QED) is 0.564. The van der Waals surface area contributed by atoms with Gasteiger partial charge in [0, 0.05) is 11.6 Å². The molecule has 1 amide bonds. The van der Waals surface area contributed by atoms with Gasteiger partial charge in [-0.1, -0.05) is 0 Å². The zero-order valence-corrected chi connectivity index (χ0v) is 11.9. The lowest BCUT2D eigenvalue weighted by Gasteiger charge is -2.23. The molecule has 110 valence electrons. The number of nitrogen functional groups attached to an aromatic ring is 1. The highest BCUT2D eigenvalue weighted by Gasteiger charge is 2.20. The summed E-state index contributed by atoms with van der Waals surface area (Å²) in [5.41, 5.74) is 4.88. The predicted molar refractivity (Wildman–Crippen MR) is 76.3 cm³/mol. The van der Waals surface area contributed by atoms with Gasteiger partial charge < -0.3 is 16.4 Å². The molecular weight excluding hydrogens is 262 g/mol. The van der Waals surface area contributed by atoms with E-state index < -0.39 is 11.0 Å². The number of carbonyl (C=O) groups excluding carboxylic acids is 1. The zero-order chi connectivity index (χ0) is 15.5. The number of amides is 1. The maximum Gasteiger partial charge on any atom is 0.311 e. The van der Waals surface area contributed by atoms with Crippen molar-refractivity contribution in [2.24, 2.45) is 0 Å². The van der Waals surface area contributed by atoms with Crippen LogP contribution < -0.4 is 16.4 Å². The summed E-state index contributed by atoms with van der Waals surface area (Å²) in [4.78, 5) is 25.8. The Morgan fingerprint density at radius 1 is 1.45 bits per heavy atom. The molecule has 4 N–H and O–H groups in total. The van der Waals surface area contributed by atoms with Crippen LogP contribution in [0.25, 0.3) is 0 Å². The second-order valence-corrected chi connectivity index (χ2v) is 5.46. The summed E-state index contributed by atoms with van der Waals surface area (Å²) in [6, 6.07) is 2.12. The van der Waals surface area contributed by atoms with Crippen LogP contribution in [0.5, 0.6) is 0 Å². The van der Waals surface area contributed by atoms with Gasteiger partial charge in [-0.25, -0.2) is 4.98 Å². The number of nitrogens with one attached hydrogen (secondary N) is 2. The van der Waals surface area contributed by atoms with E-state index in [2.05, 4.69) is 15.6 Å². The first-order valence-electron chi connectivity index (χ1n) is 6.09. The summed E-state index contributed by atoms with van der Waals surface area (Å²) in [7, 11) is 0. The van der Waals surface area contributed by atoms with Crippen molar-refractivity contribution in [1.82, 2.24) is 10.3 Å². The number of rotatable bonds is 4. The van der Waals surface area contributed by atoms with E-state index in [-0.39, 0.29) is 23.0 Å². The van der Waals surface area contributed by atoms with Gasteiger partial charge in [0.25, 0.3) is 0 Å². The van der Waals surface area contributed by atoms with E-state index in [9.17, 15) is 14.9 Å². The standard InChI is InChI=1S/C12H19N5O3/c1-7(11(18)16-12(2,3)4)14-9-6-5-8(17(19)20)10(13)15-9/h5-7H,1-4H3,(H,16,18)(H3,13,14,15). The van der Waals surface area contributed by atoms with Crippen LogP contribution in [0.1, 0.15) is 27.7 Å². The molecule has 0 aliphatic heterocycles. The van der Waals surface area contributed by atoms with Gasteiger partial charge in [0.15, 0.2) is 0 Å². The lowest BCUT2D eigenvalue weighted by atomic mass is 10.1. The maximum atomic E-state index is 11.9. The van der Waals surface area contributed by atoms with E-state index in [4.69, 9.17) is 5.73 Å². The number of pyridine rings is 1. The van der Waals surface area contributed by atoms with Crippen LogP contribution in [-0.2, 0) is 4.79 Å². The molecular formula is C12H19N5O3. The molecule has 0 saturated heterocycles. The molecule has 0 aliphatic rings. The van der Waals surface area contributed by atoms with Gasteiger partial charge in [-0.15, -0.1) is 0 Å². The molecule has 0 aromatic carbocycles. The number of nitro groups is 1. The highest BCUT2D eigenvalue weighted by molar-refractivity contribution is 5.84. The number of anilines is 2. The lowest BCUT2D eigenvalue weighted by Crippen LogP contribution is -2.47. The first kappa shape index (κ1) is 15.7. The maximum absolute atomic E-state index is 11.9. The molecule has 1 unspecified atom stereocenters. The summed E-state index contributed by atoms with van der Waals surface area (Å²) in [5, 5.41) is 16.3. The Hall–Kier alpha value is -2.38. The van der Waals surface area contributed by atoms with Crippen LogP contribution in [0, 0.1) is 10.1 Å². The molecule has 0 bridgehead atoms. The van der Waals surface area contributed by atoms with Gasteiger partial charge in [0.05, 0.1) is 4.92 Å². The molecule has 0 aliphatic carbocycles. The van der Waals surface area contributed by atoms with Crippen LogP contribution >= 0.6 is 0 Å². The molecule has 1 atom stereocenters. The molecule has 0 saturated carbocycles. The highest BCUT2D eigenvalue weighted by atomic mass is 16.6. The molecule has 8 nitrogen and oxygen atoms in total. The number of carbonyl (C=O) groups is 1. The zero-order valence-electron chi connectivity index (χ0n) is 11.9. The van der Waals surface area contributed by atoms with Crippen molar-refractivity contribution in [3.8, 4) is 0 Å². The molecule has 1 rings (SSSR count). The number of nitrogens with two attached hydrogens (primary N) is 1. The van der Waals surface area contributed by atoms with Gasteiger partial charge >= 0.3 is 5.69 Å². The summed E-state index contributed by atoms with van der Waals surface area (Å²) < 4.78 is 0. The van der Waals surface area contributed by atoms with Gasteiger partial charge in [-0.05, 0) is 33.8 Å². The molecule has 20 heavy (non-hydrogen) atoms. The SMILES string of the molecule is CC(Nc1ccc([N+](=O)[O-])c(N)n1)C(=O)NC(C)(C)C. The van der Waals surface area contributed by atoms with Gasteiger partial charge in [-0.2, -0.15) is 0 Å². The Labute approximate surface area is 116 Å². The van der Waals surface area contributed by atoms with E-state index in [1.165, 1.54) is 12.1 Å². The molecule has 0 spiro atoms. The van der Waals surface area contributed by atoms with E-state index in [0.717, 1.165) is 0 Å². The topological polar surface area (TPSA) is 123 Å². The summed E-state index contributed by atoms with van der Waals surface area (Å²) in [6.07, 6.45) is 0. The number of hydrogen-bond acceptors (Lipinski definition) is 6. The van der Waals surface area contributed by atoms with Crippen molar-refractivity contribution in [2.75, 3.05) is 11.1 Å². The van der Waals surface area contributed by atoms with Crippen molar-refractivity contribution in [1.29, 1.82) is 0 Å². The van der Waals surface area contributed by atoms with Gasteiger partial charge in [-0.3, -0.25) is 14.9 Å². The fourth-order valence-electron chi connectivity index (χ4n) is 1.47. The van der Waals surface area contributed by atoms with Gasteiger partial charge in [0.1, 0.15) is 11.9 Å². The first-order valence-corrected chi connectivity index (χ1v) is 6.09. The summed E-state index contributed by atoms with van der Waals surface area (Å²) in [6.45, 7) is 7.29. The highest BCUT2D eigenvalue weighted by Crippen LogP contribution is 2.21. The number of aromatic nitrogens is 1. The predicted octanol–water partition coefficient (Wildman–Crippen LogP) is 1.29. The van der Waals surface area contributed by atoms with Crippen molar-refractivity contribution in [2.45, 2.75) is 39.3 Å². The van der Waals surface area contributed by atoms with E-state index in [1.54, 1.807) is 6.92 Å². The average Bonchev–Trinajstić information content (AvgIpc) is 2.26. The minimum Gasteiger partial charge on any atom is -0.378 e. The smallest absolute Gasteiger partial charge is 0.311 e. The molecule has 0 fully saturated rings. The van der Waals surface area contributed by atoms with E-state index in [1.807, 2.05) is 20.8 Å². The van der Waals surface area contributed by atoms with Crippen LogP contribution in [0.3, 0.4) is 0 Å². The lowest BCUT2D eigenvalue weighted by molar-refractivity contribution is -0.384. The summed E-state index contributed by atoms with van der Waals surface area (Å²) >= 11 is 0. The molecule has 1 heterocycles. The van der Waals surface area contributed by atoms with Crippen molar-refractivity contribution < 1.29 is 9.72 Å². The minimum atomic E-state index is -0.609. The Balaban J connectivity index is 2.76. The molecule has 0 radical (unpaired) electrons. The van der Waals surface area contributed by atoms with Crippen LogP contribution in [0.4, 0.5) is 17.3 Å². The fourth-order valence-corrected chi connectivity index (χ4v) is 1.47. The molecule has 1 aromatic rings. The molecule has 1 aromatic heterocycles. The number of hydrogen-bond donors (Lipinski definition) is 3. The average molecular weight is 281 g/mol. The van der Waals surface area contributed by atoms with Crippen LogP contribution in [0.15, 0.2) is 12.1 Å². The van der Waals surface area contributed by atoms with Crippen molar-refractivity contribution >= 4 is 23.2 Å². The van der Waals surface area contributed by atoms with Crippen LogP contribution in [-0.4, -0.2) is 27.4 Å². The van der Waals surface area contributed by atoms with E-state index in [0.29, 0.717) is 5.82 Å². The second-order valence-electron chi connectivity index (χ2n) is 5.46. The molecule has 8 heteroatoms. The van der Waals surface area contributed by atoms with Crippen LogP contribution in [0.2, 0.25) is 0 Å². The largest absolute Gasteiger partial charge is 0.378 e. The number of nitrogens with zero attached hydrogens (tertiary/aromatic N) is 2. The first-order chi connectivity index (χ1) is 9.10. The third-order valence-corrected chi connectivity index (χ3v) is 2.35. The summed E-state index contributed by atoms with van der Waals surface area (Å²) in [5.74, 6) is -0.0793. The third-order valence-electron chi connectivity index (χ3n) is 2.35. The normalized spacial score (nSPS) is 12.6. The monoisotopic (exact) mass is 281 g/mol. The van der Waals surface area contributed by atoms with Gasteiger partial charge in [0.2, 0.25) is 11.7 Å². The minimum absolute atomic E-state index is 0.191. The fraction of sp³-hybridized carbons (Fsp3) is 0.500.